The van der Waals surface area contributed by atoms with Crippen molar-refractivity contribution in [3.05, 3.63) is 70.0 Å². The molecular formula is C24H27F7N4O. The topological polar surface area (TPSA) is 52.8 Å². The van der Waals surface area contributed by atoms with Crippen molar-refractivity contribution in [2.75, 3.05) is 39.8 Å². The van der Waals surface area contributed by atoms with Gasteiger partial charge in [0.1, 0.15) is 5.82 Å². The van der Waals surface area contributed by atoms with Gasteiger partial charge < -0.3 is 15.5 Å². The Morgan fingerprint density at radius 1 is 1.03 bits per heavy atom. The molecule has 0 aliphatic carbocycles. The lowest BCUT2D eigenvalue weighted by molar-refractivity contribution is -0.143. The van der Waals surface area contributed by atoms with Crippen LogP contribution in [0.3, 0.4) is 0 Å². The van der Waals surface area contributed by atoms with Crippen LogP contribution in [0, 0.1) is 12.7 Å². The van der Waals surface area contributed by atoms with Crippen LogP contribution in [0.25, 0.3) is 0 Å². The van der Waals surface area contributed by atoms with Crippen LogP contribution in [0.2, 0.25) is 0 Å². The summed E-state index contributed by atoms with van der Waals surface area (Å²) in [5.41, 5.74) is 3.79. The third-order valence-electron chi connectivity index (χ3n) is 6.14. The van der Waals surface area contributed by atoms with Gasteiger partial charge in [0.2, 0.25) is 0 Å². The number of aryl methyl sites for hydroxylation is 1. The molecule has 198 valence electrons. The molecule has 3 rings (SSSR count). The Bertz CT molecular complexity index is 1050. The monoisotopic (exact) mass is 520 g/mol. The fourth-order valence-corrected chi connectivity index (χ4v) is 4.40. The van der Waals surface area contributed by atoms with Gasteiger partial charge in [0, 0.05) is 46.3 Å². The molecule has 36 heavy (non-hydrogen) atoms. The summed E-state index contributed by atoms with van der Waals surface area (Å²) in [4.78, 5) is 18.0. The van der Waals surface area contributed by atoms with Crippen molar-refractivity contribution >= 4 is 6.03 Å². The van der Waals surface area contributed by atoms with Gasteiger partial charge >= 0.3 is 18.4 Å². The van der Waals surface area contributed by atoms with E-state index in [0.29, 0.717) is 49.4 Å². The number of urea groups is 1. The summed E-state index contributed by atoms with van der Waals surface area (Å²) >= 11 is 0. The van der Waals surface area contributed by atoms with Crippen molar-refractivity contribution in [1.82, 2.24) is 14.7 Å². The number of hydrogen-bond donors (Lipinski definition) is 1. The number of rotatable bonds is 5. The molecule has 1 atom stereocenters. The molecule has 1 heterocycles. The average molecular weight is 520 g/mol. The van der Waals surface area contributed by atoms with Crippen LogP contribution in [-0.2, 0) is 18.9 Å². The summed E-state index contributed by atoms with van der Waals surface area (Å²) < 4.78 is 93.1. The van der Waals surface area contributed by atoms with Crippen LogP contribution >= 0.6 is 0 Å². The fraction of sp³-hybridized carbons (Fsp3) is 0.458. The summed E-state index contributed by atoms with van der Waals surface area (Å²) in [5, 5.41) is 0. The van der Waals surface area contributed by atoms with E-state index in [-0.39, 0.29) is 18.2 Å². The van der Waals surface area contributed by atoms with Crippen molar-refractivity contribution in [2.45, 2.75) is 31.9 Å². The van der Waals surface area contributed by atoms with Crippen LogP contribution in [0.15, 0.2) is 36.4 Å². The zero-order valence-corrected chi connectivity index (χ0v) is 19.8. The van der Waals surface area contributed by atoms with Crippen molar-refractivity contribution in [3.63, 3.8) is 0 Å². The molecule has 1 aliphatic rings. The largest absolute Gasteiger partial charge is 0.416 e. The number of carbonyl (C=O) groups excluding carboxylic acids is 1. The minimum Gasteiger partial charge on any atom is -0.329 e. The predicted octanol–water partition coefficient (Wildman–Crippen LogP) is 5.04. The second-order valence-electron chi connectivity index (χ2n) is 8.85. The molecule has 0 aromatic heterocycles. The molecule has 2 amide bonds. The van der Waals surface area contributed by atoms with Crippen LogP contribution in [0.1, 0.15) is 33.9 Å². The van der Waals surface area contributed by atoms with Gasteiger partial charge in [0.15, 0.2) is 0 Å². The maximum atomic E-state index is 13.7. The highest BCUT2D eigenvalue weighted by molar-refractivity contribution is 5.75. The van der Waals surface area contributed by atoms with Gasteiger partial charge in [-0.3, -0.25) is 4.90 Å². The second kappa shape index (κ2) is 10.6. The SMILES string of the molecule is Cc1cc(F)ccc1[C@@H]1CN(CCN)CCN1C(=O)N(C)Cc1cc(C(F)(F)F)cc(C(F)(F)F)c1. The van der Waals surface area contributed by atoms with E-state index in [1.54, 1.807) is 13.0 Å². The van der Waals surface area contributed by atoms with E-state index < -0.39 is 47.9 Å². The first-order valence-corrected chi connectivity index (χ1v) is 11.2. The maximum Gasteiger partial charge on any atom is 0.416 e. The van der Waals surface area contributed by atoms with Crippen molar-refractivity contribution in [2.24, 2.45) is 5.73 Å². The van der Waals surface area contributed by atoms with Crippen LogP contribution in [0.5, 0.6) is 0 Å². The van der Waals surface area contributed by atoms with E-state index >= 15 is 0 Å². The highest BCUT2D eigenvalue weighted by Crippen LogP contribution is 2.37. The molecule has 1 saturated heterocycles. The first kappa shape index (κ1) is 27.7. The Kier molecular flexibility index (Phi) is 8.19. The van der Waals surface area contributed by atoms with E-state index in [0.717, 1.165) is 4.90 Å². The summed E-state index contributed by atoms with van der Waals surface area (Å²) in [6.45, 7) is 3.32. The van der Waals surface area contributed by atoms with Gasteiger partial charge in [0.05, 0.1) is 17.2 Å². The average Bonchev–Trinajstić information content (AvgIpc) is 2.77. The standard InChI is InChI=1S/C24H27F7N4O/c1-15-9-19(25)3-4-20(15)21-14-34(6-5-32)7-8-35(21)22(36)33(2)13-16-10-17(23(26,27)28)12-18(11-16)24(29,30)31/h3-4,9-12,21H,5-8,13-14,32H2,1-2H3/t21-/m0/s1. The molecule has 0 saturated carbocycles. The van der Waals surface area contributed by atoms with E-state index in [1.807, 2.05) is 4.90 Å². The second-order valence-corrected chi connectivity index (χ2v) is 8.85. The van der Waals surface area contributed by atoms with E-state index in [4.69, 9.17) is 5.73 Å². The normalized spacial score (nSPS) is 17.4. The Morgan fingerprint density at radius 3 is 2.17 bits per heavy atom. The van der Waals surface area contributed by atoms with Crippen molar-refractivity contribution in [1.29, 1.82) is 0 Å². The number of alkyl halides is 6. The lowest BCUT2D eigenvalue weighted by Crippen LogP contribution is -2.54. The van der Waals surface area contributed by atoms with E-state index in [9.17, 15) is 35.5 Å². The molecule has 2 aromatic rings. The number of benzene rings is 2. The molecule has 1 fully saturated rings. The molecule has 1 aliphatic heterocycles. The number of halogens is 7. The van der Waals surface area contributed by atoms with Gasteiger partial charge in [-0.2, -0.15) is 26.3 Å². The molecule has 2 N–H and O–H groups in total. The van der Waals surface area contributed by atoms with Crippen molar-refractivity contribution < 1.29 is 35.5 Å². The van der Waals surface area contributed by atoms with Crippen LogP contribution < -0.4 is 5.73 Å². The summed E-state index contributed by atoms with van der Waals surface area (Å²) in [6.07, 6.45) is -9.97. The lowest BCUT2D eigenvalue weighted by atomic mass is 9.97. The maximum absolute atomic E-state index is 13.7. The Morgan fingerprint density at radius 2 is 1.64 bits per heavy atom. The lowest BCUT2D eigenvalue weighted by Gasteiger charge is -2.43. The first-order chi connectivity index (χ1) is 16.7. The highest BCUT2D eigenvalue weighted by atomic mass is 19.4. The Balaban J connectivity index is 1.90. The molecule has 5 nitrogen and oxygen atoms in total. The summed E-state index contributed by atoms with van der Waals surface area (Å²) in [5.74, 6) is -0.439. The fourth-order valence-electron chi connectivity index (χ4n) is 4.40. The Labute approximate surface area is 204 Å². The number of piperazine rings is 1. The van der Waals surface area contributed by atoms with Crippen molar-refractivity contribution in [3.8, 4) is 0 Å². The van der Waals surface area contributed by atoms with Gasteiger partial charge in [0.25, 0.3) is 0 Å². The zero-order valence-electron chi connectivity index (χ0n) is 19.8. The van der Waals surface area contributed by atoms with Gasteiger partial charge in [-0.25, -0.2) is 9.18 Å². The summed E-state index contributed by atoms with van der Waals surface area (Å²) in [6, 6.07) is 4.39. The molecule has 2 aromatic carbocycles. The summed E-state index contributed by atoms with van der Waals surface area (Å²) in [7, 11) is 1.32. The van der Waals surface area contributed by atoms with E-state index in [1.165, 1.54) is 24.1 Å². The Hall–Kier alpha value is -2.86. The zero-order chi connectivity index (χ0) is 26.8. The number of amides is 2. The smallest absolute Gasteiger partial charge is 0.329 e. The van der Waals surface area contributed by atoms with Crippen LogP contribution in [0.4, 0.5) is 35.5 Å². The molecular weight excluding hydrogens is 493 g/mol. The predicted molar refractivity (Wildman–Crippen MR) is 119 cm³/mol. The highest BCUT2D eigenvalue weighted by Gasteiger charge is 2.38. The number of nitrogens with two attached hydrogens (primary N) is 1. The molecule has 0 unspecified atom stereocenters. The molecule has 0 radical (unpaired) electrons. The quantitative estimate of drug-likeness (QED) is 0.562. The molecule has 0 spiro atoms. The molecule has 0 bridgehead atoms. The van der Waals surface area contributed by atoms with E-state index in [2.05, 4.69) is 0 Å². The third kappa shape index (κ3) is 6.47. The molecule has 12 heteroatoms. The number of hydrogen-bond acceptors (Lipinski definition) is 3. The number of nitrogens with zero attached hydrogens (tertiary/aromatic N) is 3. The number of carbonyl (C=O) groups is 1. The van der Waals surface area contributed by atoms with Gasteiger partial charge in [-0.1, -0.05) is 6.07 Å². The van der Waals surface area contributed by atoms with Gasteiger partial charge in [-0.05, 0) is 53.9 Å². The minimum atomic E-state index is -4.98. The minimum absolute atomic E-state index is 0.0509. The third-order valence-corrected chi connectivity index (χ3v) is 6.14. The first-order valence-electron chi connectivity index (χ1n) is 11.2. The van der Waals surface area contributed by atoms with Crippen LogP contribution in [-0.4, -0.2) is 60.5 Å². The van der Waals surface area contributed by atoms with Gasteiger partial charge in [-0.15, -0.1) is 0 Å².